The number of fused-ring (bicyclic) bond motifs is 3. The lowest BCUT2D eigenvalue weighted by Gasteiger charge is -2.46. The van der Waals surface area contributed by atoms with Crippen LogP contribution in [0.5, 0.6) is 5.75 Å². The average Bonchev–Trinajstić information content (AvgIpc) is 2.68. The Morgan fingerprint density at radius 2 is 1.88 bits per heavy atom. The van der Waals surface area contributed by atoms with Crippen molar-refractivity contribution in [1.29, 1.82) is 0 Å². The second kappa shape index (κ2) is 7.14. The Kier molecular flexibility index (Phi) is 5.08. The topological polar surface area (TPSA) is 61.8 Å². The van der Waals surface area contributed by atoms with Gasteiger partial charge in [-0.1, -0.05) is 6.07 Å². The molecule has 0 saturated heterocycles. The fourth-order valence-electron chi connectivity index (χ4n) is 4.64. The van der Waals surface area contributed by atoms with Crippen molar-refractivity contribution in [3.8, 4) is 5.75 Å². The Hall–Kier alpha value is -2.30. The third-order valence-electron chi connectivity index (χ3n) is 6.06. The van der Waals surface area contributed by atoms with E-state index in [-0.39, 0.29) is 11.9 Å². The van der Waals surface area contributed by atoms with E-state index in [0.29, 0.717) is 12.3 Å². The number of esters is 2. The quantitative estimate of drug-likeness (QED) is 0.612. The molecule has 5 nitrogen and oxygen atoms in total. The standard InChI is InChI=1S/C21H26O5/c1-21(20(23)26-4)10-9-16-15-8-6-14(24-2)11-13(15)5-7-17(16)18(21)12-19(22)25-3/h6,8,11-12,16-17H,5,7,9-10H2,1-4H3/b18-12+/t16-,17-,21-/m0/s1. The van der Waals surface area contributed by atoms with Gasteiger partial charge in [0.1, 0.15) is 5.75 Å². The average molecular weight is 358 g/mol. The van der Waals surface area contributed by atoms with Gasteiger partial charge < -0.3 is 14.2 Å². The molecule has 3 rings (SSSR count). The molecular formula is C21H26O5. The molecule has 3 atom stereocenters. The predicted octanol–water partition coefficient (Wildman–Crippen LogP) is 3.41. The van der Waals surface area contributed by atoms with Crippen molar-refractivity contribution in [2.45, 2.75) is 38.5 Å². The number of hydrogen-bond acceptors (Lipinski definition) is 5. The molecule has 2 aliphatic rings. The Morgan fingerprint density at radius 1 is 1.12 bits per heavy atom. The van der Waals surface area contributed by atoms with Crippen molar-refractivity contribution in [1.82, 2.24) is 0 Å². The highest BCUT2D eigenvalue weighted by Gasteiger charge is 2.49. The van der Waals surface area contributed by atoms with Crippen LogP contribution in [-0.2, 0) is 25.5 Å². The van der Waals surface area contributed by atoms with Crippen LogP contribution in [0.4, 0.5) is 0 Å². The summed E-state index contributed by atoms with van der Waals surface area (Å²) in [6.45, 7) is 1.88. The lowest BCUT2D eigenvalue weighted by Crippen LogP contribution is -2.42. The first-order valence-corrected chi connectivity index (χ1v) is 9.00. The predicted molar refractivity (Wildman–Crippen MR) is 97.0 cm³/mol. The molecule has 0 bridgehead atoms. The molecule has 26 heavy (non-hydrogen) atoms. The van der Waals surface area contributed by atoms with Crippen LogP contribution in [-0.4, -0.2) is 33.3 Å². The largest absolute Gasteiger partial charge is 0.497 e. The van der Waals surface area contributed by atoms with E-state index in [1.165, 1.54) is 31.4 Å². The van der Waals surface area contributed by atoms with Crippen LogP contribution >= 0.6 is 0 Å². The van der Waals surface area contributed by atoms with Gasteiger partial charge in [0.05, 0.1) is 26.7 Å². The second-order valence-corrected chi connectivity index (χ2v) is 7.30. The van der Waals surface area contributed by atoms with Crippen LogP contribution in [0, 0.1) is 11.3 Å². The molecule has 1 aromatic carbocycles. The lowest BCUT2D eigenvalue weighted by molar-refractivity contribution is -0.151. The number of ether oxygens (including phenoxy) is 3. The number of rotatable bonds is 3. The molecule has 1 aromatic rings. The maximum Gasteiger partial charge on any atom is 0.330 e. The van der Waals surface area contributed by atoms with Crippen LogP contribution in [0.25, 0.3) is 0 Å². The van der Waals surface area contributed by atoms with Gasteiger partial charge in [0.25, 0.3) is 0 Å². The highest BCUT2D eigenvalue weighted by molar-refractivity contribution is 5.87. The van der Waals surface area contributed by atoms with Crippen molar-refractivity contribution in [2.75, 3.05) is 21.3 Å². The van der Waals surface area contributed by atoms with E-state index in [4.69, 9.17) is 14.2 Å². The molecule has 0 heterocycles. The lowest BCUT2D eigenvalue weighted by atomic mass is 9.57. The summed E-state index contributed by atoms with van der Waals surface area (Å²) in [4.78, 5) is 24.6. The van der Waals surface area contributed by atoms with Crippen LogP contribution < -0.4 is 4.74 Å². The molecule has 140 valence electrons. The van der Waals surface area contributed by atoms with Crippen LogP contribution in [0.15, 0.2) is 29.8 Å². The SMILES string of the molecule is COC(=O)/C=C1\[C@H]2CCc3cc(OC)ccc3[C@@H]2CC[C@]1(C)C(=O)OC. The Morgan fingerprint density at radius 3 is 2.54 bits per heavy atom. The molecular weight excluding hydrogens is 332 g/mol. The maximum atomic E-state index is 12.5. The zero-order valence-electron chi connectivity index (χ0n) is 15.8. The molecule has 0 unspecified atom stereocenters. The van der Waals surface area contributed by atoms with E-state index in [1.807, 2.05) is 13.0 Å². The Bertz CT molecular complexity index is 751. The first kappa shape index (κ1) is 18.5. The highest BCUT2D eigenvalue weighted by atomic mass is 16.5. The van der Waals surface area contributed by atoms with E-state index in [1.54, 1.807) is 7.11 Å². The Labute approximate surface area is 154 Å². The smallest absolute Gasteiger partial charge is 0.330 e. The van der Waals surface area contributed by atoms with Crippen LogP contribution in [0.2, 0.25) is 0 Å². The number of hydrogen-bond donors (Lipinski definition) is 0. The number of carbonyl (C=O) groups excluding carboxylic acids is 2. The van der Waals surface area contributed by atoms with E-state index in [0.717, 1.165) is 30.6 Å². The number of methoxy groups -OCH3 is 3. The van der Waals surface area contributed by atoms with Gasteiger partial charge in [-0.3, -0.25) is 4.79 Å². The van der Waals surface area contributed by atoms with Gasteiger partial charge in [-0.25, -0.2) is 4.79 Å². The molecule has 2 aliphatic carbocycles. The van der Waals surface area contributed by atoms with Crippen molar-refractivity contribution < 1.29 is 23.8 Å². The normalized spacial score (nSPS) is 28.7. The third kappa shape index (κ3) is 3.00. The third-order valence-corrected chi connectivity index (χ3v) is 6.06. The highest BCUT2D eigenvalue weighted by Crippen LogP contribution is 2.55. The Balaban J connectivity index is 2.04. The minimum absolute atomic E-state index is 0.132. The van der Waals surface area contributed by atoms with E-state index in [9.17, 15) is 9.59 Å². The van der Waals surface area contributed by atoms with Gasteiger partial charge in [-0.15, -0.1) is 0 Å². The maximum absolute atomic E-state index is 12.5. The van der Waals surface area contributed by atoms with Crippen molar-refractivity contribution in [3.63, 3.8) is 0 Å². The number of carbonyl (C=O) groups is 2. The summed E-state index contributed by atoms with van der Waals surface area (Å²) in [7, 11) is 4.43. The monoisotopic (exact) mass is 358 g/mol. The summed E-state index contributed by atoms with van der Waals surface area (Å²) in [6.07, 6.45) is 4.83. The minimum Gasteiger partial charge on any atom is -0.497 e. The molecule has 1 fully saturated rings. The molecule has 5 heteroatoms. The van der Waals surface area contributed by atoms with Gasteiger partial charge in [-0.2, -0.15) is 0 Å². The number of benzene rings is 1. The van der Waals surface area contributed by atoms with Crippen molar-refractivity contribution in [2.24, 2.45) is 11.3 Å². The molecule has 0 aromatic heterocycles. The van der Waals surface area contributed by atoms with E-state index < -0.39 is 11.4 Å². The summed E-state index contributed by atoms with van der Waals surface area (Å²) in [5, 5.41) is 0. The summed E-state index contributed by atoms with van der Waals surface area (Å²) in [6, 6.07) is 6.21. The van der Waals surface area contributed by atoms with Gasteiger partial charge in [0.15, 0.2) is 0 Å². The van der Waals surface area contributed by atoms with E-state index >= 15 is 0 Å². The summed E-state index contributed by atoms with van der Waals surface area (Å²) in [5.74, 6) is 0.580. The minimum atomic E-state index is -0.784. The molecule has 0 aliphatic heterocycles. The first-order valence-electron chi connectivity index (χ1n) is 9.00. The van der Waals surface area contributed by atoms with Crippen LogP contribution in [0.3, 0.4) is 0 Å². The number of aryl methyl sites for hydroxylation is 1. The second-order valence-electron chi connectivity index (χ2n) is 7.30. The molecule has 0 amide bonds. The fraction of sp³-hybridized carbons (Fsp3) is 0.524. The molecule has 0 spiro atoms. The van der Waals surface area contributed by atoms with Gasteiger partial charge in [0, 0.05) is 6.08 Å². The van der Waals surface area contributed by atoms with Gasteiger partial charge in [0.2, 0.25) is 0 Å². The van der Waals surface area contributed by atoms with Gasteiger partial charge >= 0.3 is 11.9 Å². The summed E-state index contributed by atoms with van der Waals surface area (Å²) >= 11 is 0. The van der Waals surface area contributed by atoms with E-state index in [2.05, 4.69) is 12.1 Å². The first-order chi connectivity index (χ1) is 12.4. The zero-order chi connectivity index (χ0) is 18.9. The fourth-order valence-corrected chi connectivity index (χ4v) is 4.64. The molecule has 1 saturated carbocycles. The zero-order valence-corrected chi connectivity index (χ0v) is 15.8. The molecule has 0 N–H and O–H groups in total. The molecule has 0 radical (unpaired) electrons. The van der Waals surface area contributed by atoms with Crippen LogP contribution in [0.1, 0.15) is 43.2 Å². The summed E-state index contributed by atoms with van der Waals surface area (Å²) in [5.41, 5.74) is 2.65. The summed E-state index contributed by atoms with van der Waals surface area (Å²) < 4.78 is 15.3. The van der Waals surface area contributed by atoms with Crippen molar-refractivity contribution >= 4 is 11.9 Å². The van der Waals surface area contributed by atoms with Crippen molar-refractivity contribution in [3.05, 3.63) is 41.0 Å². The van der Waals surface area contributed by atoms with Gasteiger partial charge in [-0.05, 0) is 73.3 Å².